The minimum Gasteiger partial charge on any atom is -0.449 e. The molecule has 0 aliphatic carbocycles. The molecule has 0 radical (unpaired) electrons. The van der Waals surface area contributed by atoms with Crippen molar-refractivity contribution in [1.82, 2.24) is 14.5 Å². The molecule has 3 aromatic heterocycles. The van der Waals surface area contributed by atoms with Gasteiger partial charge < -0.3 is 14.2 Å². The zero-order valence-corrected chi connectivity index (χ0v) is 20.1. The first-order valence-corrected chi connectivity index (χ1v) is 12.0. The van der Waals surface area contributed by atoms with Gasteiger partial charge in [0.25, 0.3) is 5.91 Å². The Morgan fingerprint density at radius 2 is 1.97 bits per heavy atom. The zero-order chi connectivity index (χ0) is 22.8. The minimum atomic E-state index is -0.887. The molecule has 0 spiro atoms. The fourth-order valence-electron chi connectivity index (χ4n) is 3.66. The number of fused-ring (bicyclic) bond motifs is 1. The van der Waals surface area contributed by atoms with Crippen LogP contribution in [0.2, 0.25) is 0 Å². The number of ether oxygens (including phenoxy) is 1. The summed E-state index contributed by atoms with van der Waals surface area (Å²) in [5, 5.41) is 2.88. The smallest absolute Gasteiger partial charge is 0.340 e. The highest BCUT2D eigenvalue weighted by Gasteiger charge is 2.25. The lowest BCUT2D eigenvalue weighted by Crippen LogP contribution is -2.37. The molecule has 0 fully saturated rings. The van der Waals surface area contributed by atoms with Crippen LogP contribution in [0.25, 0.3) is 10.2 Å². The molecule has 0 aliphatic heterocycles. The van der Waals surface area contributed by atoms with Crippen molar-refractivity contribution in [3.63, 3.8) is 0 Å². The van der Waals surface area contributed by atoms with Gasteiger partial charge in [-0.1, -0.05) is 18.2 Å². The van der Waals surface area contributed by atoms with Crippen molar-refractivity contribution in [1.29, 1.82) is 0 Å². The van der Waals surface area contributed by atoms with E-state index in [0.29, 0.717) is 18.7 Å². The van der Waals surface area contributed by atoms with E-state index in [1.165, 1.54) is 4.88 Å². The Labute approximate surface area is 195 Å². The molecule has 0 saturated heterocycles. The van der Waals surface area contributed by atoms with Gasteiger partial charge in [-0.15, -0.1) is 22.7 Å². The van der Waals surface area contributed by atoms with Crippen LogP contribution in [0.15, 0.2) is 47.8 Å². The van der Waals surface area contributed by atoms with Crippen LogP contribution in [0.4, 0.5) is 0 Å². The maximum absolute atomic E-state index is 12.8. The van der Waals surface area contributed by atoms with E-state index in [1.807, 2.05) is 55.6 Å². The third-order valence-corrected chi connectivity index (χ3v) is 7.29. The first-order chi connectivity index (χ1) is 15.3. The number of esters is 1. The van der Waals surface area contributed by atoms with Crippen molar-refractivity contribution in [2.75, 3.05) is 7.05 Å². The number of para-hydroxylation sites is 1. The number of thiazole rings is 1. The van der Waals surface area contributed by atoms with Crippen LogP contribution in [0.3, 0.4) is 0 Å². The topological polar surface area (TPSA) is 64.4 Å². The van der Waals surface area contributed by atoms with Gasteiger partial charge in [0, 0.05) is 23.3 Å². The molecule has 0 bridgehead atoms. The number of rotatable bonds is 7. The molecule has 8 heteroatoms. The van der Waals surface area contributed by atoms with E-state index in [4.69, 9.17) is 4.74 Å². The second-order valence-electron chi connectivity index (χ2n) is 7.77. The predicted molar refractivity (Wildman–Crippen MR) is 128 cm³/mol. The number of thiophene rings is 1. The first kappa shape index (κ1) is 22.2. The van der Waals surface area contributed by atoms with E-state index in [9.17, 15) is 9.59 Å². The van der Waals surface area contributed by atoms with Crippen molar-refractivity contribution in [3.05, 3.63) is 74.7 Å². The number of amides is 1. The summed E-state index contributed by atoms with van der Waals surface area (Å²) >= 11 is 3.24. The van der Waals surface area contributed by atoms with Crippen LogP contribution >= 0.6 is 22.7 Å². The molecule has 32 heavy (non-hydrogen) atoms. The first-order valence-electron chi connectivity index (χ1n) is 10.3. The highest BCUT2D eigenvalue weighted by atomic mass is 32.1. The molecule has 0 N–H and O–H groups in total. The van der Waals surface area contributed by atoms with Gasteiger partial charge in [-0.2, -0.15) is 0 Å². The standard InChI is InChI=1S/C24H25N3O3S2/c1-15-12-19(16(2)27(15)13-18-8-7-11-31-18)24(29)30-17(3)23(28)26(4)14-22-25-20-9-5-6-10-21(20)32-22/h5-12,17H,13-14H2,1-4H3. The SMILES string of the molecule is Cc1cc(C(=O)OC(C)C(=O)N(C)Cc2nc3ccccc3s2)c(C)n1Cc1cccs1. The monoisotopic (exact) mass is 467 g/mol. The van der Waals surface area contributed by atoms with Crippen LogP contribution in [0.5, 0.6) is 0 Å². The summed E-state index contributed by atoms with van der Waals surface area (Å²) in [6.07, 6.45) is -0.887. The lowest BCUT2D eigenvalue weighted by molar-refractivity contribution is -0.139. The Hall–Kier alpha value is -2.97. The van der Waals surface area contributed by atoms with Crippen LogP contribution in [0, 0.1) is 13.8 Å². The fraction of sp³-hybridized carbons (Fsp3) is 0.292. The van der Waals surface area contributed by atoms with Crippen LogP contribution < -0.4 is 0 Å². The number of hydrogen-bond acceptors (Lipinski definition) is 6. The van der Waals surface area contributed by atoms with E-state index < -0.39 is 12.1 Å². The number of aryl methyl sites for hydroxylation is 1. The summed E-state index contributed by atoms with van der Waals surface area (Å²) in [4.78, 5) is 33.0. The van der Waals surface area contributed by atoms with E-state index in [2.05, 4.69) is 15.6 Å². The van der Waals surface area contributed by atoms with Gasteiger partial charge in [0.15, 0.2) is 6.10 Å². The van der Waals surface area contributed by atoms with Crippen LogP contribution in [-0.2, 0) is 22.6 Å². The highest BCUT2D eigenvalue weighted by Crippen LogP contribution is 2.23. The van der Waals surface area contributed by atoms with Gasteiger partial charge in [0.2, 0.25) is 0 Å². The number of carbonyl (C=O) groups excluding carboxylic acids is 2. The maximum Gasteiger partial charge on any atom is 0.340 e. The number of nitrogens with zero attached hydrogens (tertiary/aromatic N) is 3. The second-order valence-corrected chi connectivity index (χ2v) is 9.91. The van der Waals surface area contributed by atoms with Gasteiger partial charge >= 0.3 is 5.97 Å². The summed E-state index contributed by atoms with van der Waals surface area (Å²) in [6.45, 7) is 6.57. The Morgan fingerprint density at radius 1 is 1.19 bits per heavy atom. The van der Waals surface area contributed by atoms with E-state index in [1.54, 1.807) is 41.5 Å². The number of carbonyl (C=O) groups is 2. The molecular weight excluding hydrogens is 442 g/mol. The van der Waals surface area contributed by atoms with Gasteiger partial charge in [-0.05, 0) is 50.4 Å². The summed E-state index contributed by atoms with van der Waals surface area (Å²) in [5.74, 6) is -0.741. The quantitative estimate of drug-likeness (QED) is 0.358. The molecule has 4 aromatic rings. The molecule has 3 heterocycles. The molecule has 1 unspecified atom stereocenters. The molecule has 166 valence electrons. The molecule has 0 aliphatic rings. The number of likely N-dealkylation sites (N-methyl/N-ethyl adjacent to an activating group) is 1. The van der Waals surface area contributed by atoms with Crippen molar-refractivity contribution in [2.45, 2.75) is 40.0 Å². The van der Waals surface area contributed by atoms with Gasteiger partial charge in [-0.3, -0.25) is 4.79 Å². The van der Waals surface area contributed by atoms with Crippen molar-refractivity contribution in [3.8, 4) is 0 Å². The zero-order valence-electron chi connectivity index (χ0n) is 18.5. The normalized spacial score (nSPS) is 12.1. The molecule has 1 amide bonds. The van der Waals surface area contributed by atoms with Crippen molar-refractivity contribution < 1.29 is 14.3 Å². The Bertz CT molecular complexity index is 1220. The van der Waals surface area contributed by atoms with E-state index in [-0.39, 0.29) is 5.91 Å². The molecule has 6 nitrogen and oxygen atoms in total. The Balaban J connectivity index is 1.41. The summed E-state index contributed by atoms with van der Waals surface area (Å²) in [7, 11) is 1.70. The molecule has 4 rings (SSSR count). The lowest BCUT2D eigenvalue weighted by atomic mass is 10.2. The summed E-state index contributed by atoms with van der Waals surface area (Å²) < 4.78 is 8.72. The van der Waals surface area contributed by atoms with Gasteiger partial charge in [0.1, 0.15) is 5.01 Å². The maximum atomic E-state index is 12.8. The summed E-state index contributed by atoms with van der Waals surface area (Å²) in [5.41, 5.74) is 3.23. The number of benzene rings is 1. The largest absolute Gasteiger partial charge is 0.449 e. The van der Waals surface area contributed by atoms with Gasteiger partial charge in [-0.25, -0.2) is 9.78 Å². The third kappa shape index (κ3) is 4.61. The fourth-order valence-corrected chi connectivity index (χ4v) is 5.38. The van der Waals surface area contributed by atoms with Gasteiger partial charge in [0.05, 0.1) is 28.9 Å². The van der Waals surface area contributed by atoms with Crippen LogP contribution in [-0.4, -0.2) is 39.5 Å². The lowest BCUT2D eigenvalue weighted by Gasteiger charge is -2.20. The average Bonchev–Trinajstić information content (AvgIpc) is 3.48. The number of hydrogen-bond donors (Lipinski definition) is 0. The predicted octanol–water partition coefficient (Wildman–Crippen LogP) is 5.03. The molecule has 1 aromatic carbocycles. The second kappa shape index (κ2) is 9.26. The minimum absolute atomic E-state index is 0.259. The van der Waals surface area contributed by atoms with Crippen molar-refractivity contribution >= 4 is 44.8 Å². The highest BCUT2D eigenvalue weighted by molar-refractivity contribution is 7.18. The number of aromatic nitrogens is 2. The third-order valence-electron chi connectivity index (χ3n) is 5.41. The summed E-state index contributed by atoms with van der Waals surface area (Å²) in [6, 6.07) is 13.8. The molecule has 0 saturated carbocycles. The van der Waals surface area contributed by atoms with E-state index >= 15 is 0 Å². The molecular formula is C24H25N3O3S2. The Kier molecular flexibility index (Phi) is 6.43. The van der Waals surface area contributed by atoms with E-state index in [0.717, 1.165) is 26.6 Å². The molecule has 1 atom stereocenters. The Morgan fingerprint density at radius 3 is 2.69 bits per heavy atom. The average molecular weight is 468 g/mol. The van der Waals surface area contributed by atoms with Crippen LogP contribution in [0.1, 0.15) is 38.6 Å². The van der Waals surface area contributed by atoms with Crippen molar-refractivity contribution in [2.24, 2.45) is 0 Å².